The van der Waals surface area contributed by atoms with Gasteiger partial charge in [0.2, 0.25) is 5.91 Å². The Kier molecular flexibility index (Phi) is 5.35. The van der Waals surface area contributed by atoms with Crippen molar-refractivity contribution in [2.24, 2.45) is 0 Å². The van der Waals surface area contributed by atoms with Crippen molar-refractivity contribution in [2.45, 2.75) is 25.8 Å². The van der Waals surface area contributed by atoms with Crippen molar-refractivity contribution in [3.8, 4) is 11.5 Å². The van der Waals surface area contributed by atoms with Crippen LogP contribution in [0.1, 0.15) is 30.0 Å². The summed E-state index contributed by atoms with van der Waals surface area (Å²) in [6.07, 6.45) is 1.96. The molecule has 2 aromatic rings. The van der Waals surface area contributed by atoms with E-state index >= 15 is 0 Å². The lowest BCUT2D eigenvalue weighted by molar-refractivity contribution is -0.385. The van der Waals surface area contributed by atoms with Gasteiger partial charge in [0.05, 0.1) is 11.5 Å². The number of likely N-dealkylation sites (tertiary alicyclic amines) is 1. The van der Waals surface area contributed by atoms with Gasteiger partial charge in [-0.25, -0.2) is 0 Å². The first-order valence-corrected chi connectivity index (χ1v) is 9.70. The number of hydrogen-bond donors (Lipinski definition) is 1. The molecule has 152 valence electrons. The summed E-state index contributed by atoms with van der Waals surface area (Å²) in [5, 5.41) is 13.9. The van der Waals surface area contributed by atoms with Gasteiger partial charge in [-0.3, -0.25) is 19.8 Å². The van der Waals surface area contributed by atoms with Crippen LogP contribution in [-0.2, 0) is 4.79 Å². The lowest BCUT2D eigenvalue weighted by atomic mass is 10.0. The predicted molar refractivity (Wildman–Crippen MR) is 107 cm³/mol. The highest BCUT2D eigenvalue weighted by Crippen LogP contribution is 2.38. The van der Waals surface area contributed by atoms with Crippen molar-refractivity contribution in [1.29, 1.82) is 0 Å². The van der Waals surface area contributed by atoms with E-state index in [0.29, 0.717) is 24.5 Å². The Morgan fingerprint density at radius 2 is 2.00 bits per heavy atom. The summed E-state index contributed by atoms with van der Waals surface area (Å²) in [6.45, 7) is 3.81. The molecule has 8 nitrogen and oxygen atoms in total. The van der Waals surface area contributed by atoms with Gasteiger partial charge in [0.15, 0.2) is 11.5 Å². The number of nitrogens with zero attached hydrogens (tertiary/aromatic N) is 2. The molecule has 4 rings (SSSR count). The van der Waals surface area contributed by atoms with E-state index in [1.165, 1.54) is 6.07 Å². The van der Waals surface area contributed by atoms with E-state index in [-0.39, 0.29) is 24.2 Å². The summed E-state index contributed by atoms with van der Waals surface area (Å²) in [6, 6.07) is 10.8. The maximum Gasteiger partial charge on any atom is 0.274 e. The molecule has 0 aliphatic carbocycles. The van der Waals surface area contributed by atoms with Crippen LogP contribution in [0.25, 0.3) is 0 Å². The quantitative estimate of drug-likeness (QED) is 0.613. The molecule has 0 saturated carbocycles. The number of hydrogen-bond acceptors (Lipinski definition) is 6. The first-order valence-electron chi connectivity index (χ1n) is 9.70. The van der Waals surface area contributed by atoms with Crippen LogP contribution in [0.3, 0.4) is 0 Å². The van der Waals surface area contributed by atoms with Gasteiger partial charge in [-0.1, -0.05) is 12.1 Å². The zero-order valence-electron chi connectivity index (χ0n) is 16.2. The Bertz CT molecular complexity index is 946. The second-order valence-electron chi connectivity index (χ2n) is 7.34. The van der Waals surface area contributed by atoms with E-state index in [2.05, 4.69) is 10.2 Å². The molecule has 0 spiro atoms. The fourth-order valence-electron chi connectivity index (χ4n) is 3.93. The second kappa shape index (κ2) is 8.08. The van der Waals surface area contributed by atoms with Gasteiger partial charge in [0.1, 0.15) is 13.2 Å². The average molecular weight is 397 g/mol. The molecular weight excluding hydrogens is 374 g/mol. The standard InChI is InChI=1S/C21H23N3O5/c1-14-4-6-16(12-18(14)24(26)27)22-21(25)13-23-8-2-3-17(23)15-5-7-19-20(11-15)29-10-9-28-19/h4-7,11-12,17H,2-3,8-10,13H2,1H3,(H,22,25)/t17-/m0/s1. The lowest BCUT2D eigenvalue weighted by Gasteiger charge is -2.26. The number of anilines is 1. The Hall–Kier alpha value is -3.13. The van der Waals surface area contributed by atoms with E-state index < -0.39 is 4.92 Å². The predicted octanol–water partition coefficient (Wildman–Crippen LogP) is 3.45. The topological polar surface area (TPSA) is 93.9 Å². The van der Waals surface area contributed by atoms with Crippen LogP contribution in [-0.4, -0.2) is 42.0 Å². The number of amides is 1. The summed E-state index contributed by atoms with van der Waals surface area (Å²) in [7, 11) is 0. The van der Waals surface area contributed by atoms with E-state index in [0.717, 1.165) is 36.4 Å². The Balaban J connectivity index is 1.44. The van der Waals surface area contributed by atoms with Gasteiger partial charge in [0, 0.05) is 23.4 Å². The van der Waals surface area contributed by atoms with E-state index in [9.17, 15) is 14.9 Å². The van der Waals surface area contributed by atoms with Crippen LogP contribution < -0.4 is 14.8 Å². The number of nitro groups is 1. The Morgan fingerprint density at radius 1 is 1.21 bits per heavy atom. The molecule has 2 aromatic carbocycles. The minimum absolute atomic E-state index is 0.00173. The van der Waals surface area contributed by atoms with Gasteiger partial charge < -0.3 is 14.8 Å². The Morgan fingerprint density at radius 3 is 2.79 bits per heavy atom. The van der Waals surface area contributed by atoms with Crippen molar-refractivity contribution >= 4 is 17.3 Å². The number of nitrogens with one attached hydrogen (secondary N) is 1. The van der Waals surface area contributed by atoms with Gasteiger partial charge in [-0.05, 0) is 50.1 Å². The molecule has 1 saturated heterocycles. The molecule has 0 radical (unpaired) electrons. The lowest BCUT2D eigenvalue weighted by Crippen LogP contribution is -2.33. The van der Waals surface area contributed by atoms with Crippen molar-refractivity contribution < 1.29 is 19.2 Å². The number of ether oxygens (including phenoxy) is 2. The second-order valence-corrected chi connectivity index (χ2v) is 7.34. The van der Waals surface area contributed by atoms with Crippen molar-refractivity contribution in [3.63, 3.8) is 0 Å². The summed E-state index contributed by atoms with van der Waals surface area (Å²) in [5.74, 6) is 1.31. The van der Waals surface area contributed by atoms with Crippen LogP contribution in [0.5, 0.6) is 11.5 Å². The minimum atomic E-state index is -0.441. The molecule has 0 bridgehead atoms. The Labute approximate surface area is 168 Å². The molecule has 2 aliphatic heterocycles. The third-order valence-corrected chi connectivity index (χ3v) is 5.35. The average Bonchev–Trinajstić information content (AvgIpc) is 3.16. The third kappa shape index (κ3) is 4.17. The molecule has 1 amide bonds. The summed E-state index contributed by atoms with van der Waals surface area (Å²) < 4.78 is 11.3. The first-order chi connectivity index (χ1) is 14.0. The van der Waals surface area contributed by atoms with E-state index in [1.807, 2.05) is 18.2 Å². The number of carbonyl (C=O) groups is 1. The first kappa shape index (κ1) is 19.2. The van der Waals surface area contributed by atoms with Crippen LogP contribution in [0, 0.1) is 17.0 Å². The van der Waals surface area contributed by atoms with Crippen molar-refractivity contribution in [3.05, 3.63) is 57.6 Å². The van der Waals surface area contributed by atoms with Gasteiger partial charge in [-0.15, -0.1) is 0 Å². The van der Waals surface area contributed by atoms with Crippen LogP contribution >= 0.6 is 0 Å². The molecule has 1 N–H and O–H groups in total. The maximum atomic E-state index is 12.6. The highest BCUT2D eigenvalue weighted by Gasteiger charge is 2.29. The molecule has 0 aromatic heterocycles. The molecule has 2 heterocycles. The zero-order chi connectivity index (χ0) is 20.4. The van der Waals surface area contributed by atoms with Gasteiger partial charge in [-0.2, -0.15) is 0 Å². The zero-order valence-corrected chi connectivity index (χ0v) is 16.2. The number of benzene rings is 2. The number of carbonyl (C=O) groups excluding carboxylic acids is 1. The molecule has 1 fully saturated rings. The van der Waals surface area contributed by atoms with E-state index in [4.69, 9.17) is 9.47 Å². The van der Waals surface area contributed by atoms with Gasteiger partial charge in [0.25, 0.3) is 5.69 Å². The molecule has 8 heteroatoms. The summed E-state index contributed by atoms with van der Waals surface area (Å²) in [5.41, 5.74) is 2.09. The molecule has 29 heavy (non-hydrogen) atoms. The van der Waals surface area contributed by atoms with Crippen molar-refractivity contribution in [2.75, 3.05) is 31.6 Å². The smallest absolute Gasteiger partial charge is 0.274 e. The van der Waals surface area contributed by atoms with Crippen LogP contribution in [0.4, 0.5) is 11.4 Å². The van der Waals surface area contributed by atoms with Crippen LogP contribution in [0.2, 0.25) is 0 Å². The molecule has 1 atom stereocenters. The minimum Gasteiger partial charge on any atom is -0.486 e. The normalized spacial score (nSPS) is 18.4. The SMILES string of the molecule is Cc1ccc(NC(=O)CN2CCC[C@H]2c2ccc3c(c2)OCCO3)cc1[N+](=O)[O-]. The molecule has 2 aliphatic rings. The summed E-state index contributed by atoms with van der Waals surface area (Å²) >= 11 is 0. The van der Waals surface area contributed by atoms with Crippen LogP contribution in [0.15, 0.2) is 36.4 Å². The fraction of sp³-hybridized carbons (Fsp3) is 0.381. The molecule has 0 unspecified atom stereocenters. The van der Waals surface area contributed by atoms with Gasteiger partial charge >= 0.3 is 0 Å². The highest BCUT2D eigenvalue weighted by atomic mass is 16.6. The monoisotopic (exact) mass is 397 g/mol. The maximum absolute atomic E-state index is 12.6. The number of fused-ring (bicyclic) bond motifs is 1. The molecular formula is C21H23N3O5. The number of nitro benzene ring substituents is 1. The summed E-state index contributed by atoms with van der Waals surface area (Å²) in [4.78, 5) is 25.4. The van der Waals surface area contributed by atoms with E-state index in [1.54, 1.807) is 19.1 Å². The fourth-order valence-corrected chi connectivity index (χ4v) is 3.93. The number of rotatable bonds is 5. The number of aryl methyl sites for hydroxylation is 1. The highest BCUT2D eigenvalue weighted by molar-refractivity contribution is 5.92. The third-order valence-electron chi connectivity index (χ3n) is 5.35. The largest absolute Gasteiger partial charge is 0.486 e. The van der Waals surface area contributed by atoms with Crippen molar-refractivity contribution in [1.82, 2.24) is 4.90 Å².